The fourth-order valence-electron chi connectivity index (χ4n) is 4.86. The van der Waals surface area contributed by atoms with E-state index in [4.69, 9.17) is 5.73 Å². The molecule has 1 heterocycles. The van der Waals surface area contributed by atoms with E-state index in [0.29, 0.717) is 31.9 Å². The summed E-state index contributed by atoms with van der Waals surface area (Å²) in [5.74, 6) is -2.20. The van der Waals surface area contributed by atoms with E-state index in [9.17, 15) is 27.2 Å². The zero-order chi connectivity index (χ0) is 24.5. The SMILES string of the molecule is NC(=O)[C@H](Cc1ccccc1)N(C(=O)C1(c2ccc(C(F)(F)F)cc2F)CC1)[C@@H]1CCCNC1. The van der Waals surface area contributed by atoms with Crippen LogP contribution in [-0.2, 0) is 27.6 Å². The van der Waals surface area contributed by atoms with E-state index in [1.165, 1.54) is 4.90 Å². The number of hydrogen-bond acceptors (Lipinski definition) is 3. The normalized spacial score (nSPS) is 20.4. The Labute approximate surface area is 195 Å². The van der Waals surface area contributed by atoms with Gasteiger partial charge in [-0.3, -0.25) is 9.59 Å². The van der Waals surface area contributed by atoms with E-state index in [-0.39, 0.29) is 18.0 Å². The van der Waals surface area contributed by atoms with Crippen LogP contribution in [0.25, 0.3) is 0 Å². The van der Waals surface area contributed by atoms with Crippen molar-refractivity contribution in [3.05, 3.63) is 71.0 Å². The molecule has 0 aromatic heterocycles. The highest BCUT2D eigenvalue weighted by atomic mass is 19.4. The second-order valence-corrected chi connectivity index (χ2v) is 9.09. The van der Waals surface area contributed by atoms with Gasteiger partial charge in [0.2, 0.25) is 11.8 Å². The second-order valence-electron chi connectivity index (χ2n) is 9.09. The van der Waals surface area contributed by atoms with Crippen molar-refractivity contribution < 1.29 is 27.2 Å². The van der Waals surface area contributed by atoms with Gasteiger partial charge >= 0.3 is 6.18 Å². The molecule has 2 aromatic rings. The van der Waals surface area contributed by atoms with Gasteiger partial charge in [0.05, 0.1) is 11.0 Å². The number of halogens is 4. The number of nitrogens with zero attached hydrogens (tertiary/aromatic N) is 1. The maximum atomic E-state index is 14.9. The molecule has 2 amide bonds. The summed E-state index contributed by atoms with van der Waals surface area (Å²) in [5.41, 5.74) is 4.13. The van der Waals surface area contributed by atoms with Gasteiger partial charge in [-0.05, 0) is 49.9 Å². The third-order valence-electron chi connectivity index (χ3n) is 6.81. The smallest absolute Gasteiger partial charge is 0.368 e. The zero-order valence-electron chi connectivity index (χ0n) is 18.6. The molecule has 1 aliphatic carbocycles. The first-order valence-corrected chi connectivity index (χ1v) is 11.4. The van der Waals surface area contributed by atoms with Crippen molar-refractivity contribution in [2.75, 3.05) is 13.1 Å². The van der Waals surface area contributed by atoms with Crippen molar-refractivity contribution in [2.24, 2.45) is 5.73 Å². The van der Waals surface area contributed by atoms with Gasteiger partial charge in [-0.15, -0.1) is 0 Å². The third kappa shape index (κ3) is 4.80. The molecular formula is C25H27F4N3O2. The average Bonchev–Trinajstić information content (AvgIpc) is 3.61. The van der Waals surface area contributed by atoms with E-state index < -0.39 is 40.8 Å². The molecule has 2 aliphatic rings. The average molecular weight is 478 g/mol. The van der Waals surface area contributed by atoms with Crippen molar-refractivity contribution in [3.63, 3.8) is 0 Å². The van der Waals surface area contributed by atoms with E-state index in [2.05, 4.69) is 5.32 Å². The molecule has 3 N–H and O–H groups in total. The fraction of sp³-hybridized carbons (Fsp3) is 0.440. The summed E-state index contributed by atoms with van der Waals surface area (Å²) in [6, 6.07) is 10.1. The monoisotopic (exact) mass is 477 g/mol. The molecule has 0 bridgehead atoms. The summed E-state index contributed by atoms with van der Waals surface area (Å²) in [7, 11) is 0. The molecule has 4 rings (SSSR count). The Morgan fingerprint density at radius 3 is 2.38 bits per heavy atom. The van der Waals surface area contributed by atoms with E-state index >= 15 is 0 Å². The lowest BCUT2D eigenvalue weighted by atomic mass is 9.89. The maximum Gasteiger partial charge on any atom is 0.416 e. The van der Waals surface area contributed by atoms with Crippen LogP contribution in [0.4, 0.5) is 17.6 Å². The van der Waals surface area contributed by atoms with Crippen LogP contribution in [0, 0.1) is 5.82 Å². The second kappa shape index (κ2) is 9.37. The molecule has 0 radical (unpaired) electrons. The summed E-state index contributed by atoms with van der Waals surface area (Å²) >= 11 is 0. The molecule has 2 atom stereocenters. The number of benzene rings is 2. The minimum absolute atomic E-state index is 0.0674. The Morgan fingerprint density at radius 2 is 1.85 bits per heavy atom. The molecule has 0 unspecified atom stereocenters. The molecule has 1 saturated carbocycles. The summed E-state index contributed by atoms with van der Waals surface area (Å²) in [5, 5.41) is 3.23. The first kappa shape index (κ1) is 24.2. The summed E-state index contributed by atoms with van der Waals surface area (Å²) in [6.07, 6.45) is -2.48. The first-order chi connectivity index (χ1) is 16.1. The molecule has 5 nitrogen and oxygen atoms in total. The van der Waals surface area contributed by atoms with Crippen molar-refractivity contribution in [1.82, 2.24) is 10.2 Å². The minimum atomic E-state index is -4.69. The van der Waals surface area contributed by atoms with Crippen LogP contribution < -0.4 is 11.1 Å². The molecular weight excluding hydrogens is 450 g/mol. The maximum absolute atomic E-state index is 14.9. The lowest BCUT2D eigenvalue weighted by Crippen LogP contribution is -2.60. The summed E-state index contributed by atoms with van der Waals surface area (Å²) in [6.45, 7) is 1.23. The number of primary amides is 1. The number of piperidine rings is 1. The minimum Gasteiger partial charge on any atom is -0.368 e. The zero-order valence-corrected chi connectivity index (χ0v) is 18.6. The van der Waals surface area contributed by atoms with Gasteiger partial charge in [0.15, 0.2) is 0 Å². The van der Waals surface area contributed by atoms with E-state index in [1.807, 2.05) is 30.3 Å². The fourth-order valence-corrected chi connectivity index (χ4v) is 4.86. The van der Waals surface area contributed by atoms with Crippen molar-refractivity contribution >= 4 is 11.8 Å². The molecule has 34 heavy (non-hydrogen) atoms. The summed E-state index contributed by atoms with van der Waals surface area (Å²) in [4.78, 5) is 28.1. The highest BCUT2D eigenvalue weighted by Gasteiger charge is 2.57. The standard InChI is InChI=1S/C25H27F4N3O2/c26-20-14-17(25(27,28)29)8-9-19(20)24(10-11-24)23(34)32(18-7-4-12-31-15-18)21(22(30)33)13-16-5-2-1-3-6-16/h1-3,5-6,8-9,14,18,21,31H,4,7,10-13,15H2,(H2,30,33)/t18-,21+/m1/s1. The van der Waals surface area contributed by atoms with Crippen molar-refractivity contribution in [2.45, 2.75) is 55.8 Å². The van der Waals surface area contributed by atoms with Gasteiger partial charge in [-0.25, -0.2) is 4.39 Å². The van der Waals surface area contributed by atoms with Gasteiger partial charge in [0, 0.05) is 24.6 Å². The summed E-state index contributed by atoms with van der Waals surface area (Å²) < 4.78 is 54.0. The third-order valence-corrected chi connectivity index (χ3v) is 6.81. The molecule has 2 fully saturated rings. The largest absolute Gasteiger partial charge is 0.416 e. The predicted molar refractivity (Wildman–Crippen MR) is 118 cm³/mol. The lowest BCUT2D eigenvalue weighted by Gasteiger charge is -2.41. The van der Waals surface area contributed by atoms with Crippen LogP contribution in [0.5, 0.6) is 0 Å². The highest BCUT2D eigenvalue weighted by molar-refractivity contribution is 5.95. The Balaban J connectivity index is 1.71. The number of alkyl halides is 3. The Kier molecular flexibility index (Phi) is 6.66. The topological polar surface area (TPSA) is 75.4 Å². The number of rotatable bonds is 7. The molecule has 1 saturated heterocycles. The van der Waals surface area contributed by atoms with Crippen molar-refractivity contribution in [3.8, 4) is 0 Å². The number of carbonyl (C=O) groups is 2. The number of amides is 2. The number of carbonyl (C=O) groups excluding carboxylic acids is 2. The van der Waals surface area contributed by atoms with Gasteiger partial charge in [0.25, 0.3) is 0 Å². The predicted octanol–water partition coefficient (Wildman–Crippen LogP) is 3.55. The quantitative estimate of drug-likeness (QED) is 0.599. The van der Waals surface area contributed by atoms with Crippen LogP contribution in [-0.4, -0.2) is 41.9 Å². The lowest BCUT2D eigenvalue weighted by molar-refractivity contribution is -0.145. The van der Waals surface area contributed by atoms with Crippen LogP contribution in [0.1, 0.15) is 42.4 Å². The van der Waals surface area contributed by atoms with Crippen LogP contribution in [0.2, 0.25) is 0 Å². The van der Waals surface area contributed by atoms with Gasteiger partial charge in [0.1, 0.15) is 11.9 Å². The molecule has 0 spiro atoms. The molecule has 182 valence electrons. The van der Waals surface area contributed by atoms with Gasteiger partial charge in [-0.2, -0.15) is 13.2 Å². The number of hydrogen-bond donors (Lipinski definition) is 2. The molecule has 9 heteroatoms. The Bertz CT molecular complexity index is 1050. The van der Waals surface area contributed by atoms with Crippen molar-refractivity contribution in [1.29, 1.82) is 0 Å². The van der Waals surface area contributed by atoms with Crippen LogP contribution >= 0.6 is 0 Å². The van der Waals surface area contributed by atoms with E-state index in [0.717, 1.165) is 30.7 Å². The molecule has 2 aromatic carbocycles. The Morgan fingerprint density at radius 1 is 1.15 bits per heavy atom. The van der Waals surface area contributed by atoms with Crippen LogP contribution in [0.15, 0.2) is 48.5 Å². The van der Waals surface area contributed by atoms with E-state index in [1.54, 1.807) is 0 Å². The van der Waals surface area contributed by atoms with Gasteiger partial charge in [-0.1, -0.05) is 36.4 Å². The highest BCUT2D eigenvalue weighted by Crippen LogP contribution is 2.51. The Hall–Kier alpha value is -2.94. The number of nitrogens with one attached hydrogen (secondary N) is 1. The van der Waals surface area contributed by atoms with Crippen LogP contribution in [0.3, 0.4) is 0 Å². The number of nitrogens with two attached hydrogens (primary N) is 1. The molecule has 1 aliphatic heterocycles. The first-order valence-electron chi connectivity index (χ1n) is 11.4. The van der Waals surface area contributed by atoms with Gasteiger partial charge < -0.3 is 16.0 Å².